The fourth-order valence-electron chi connectivity index (χ4n) is 3.49. The number of morpholine rings is 1. The summed E-state index contributed by atoms with van der Waals surface area (Å²) in [6.07, 6.45) is 3.16. The Morgan fingerprint density at radius 3 is 2.50 bits per heavy atom. The maximum Gasteiger partial charge on any atom is 0.220 e. The lowest BCUT2D eigenvalue weighted by molar-refractivity contribution is -0.121. The molecule has 0 radical (unpaired) electrons. The molecule has 0 atom stereocenters. The normalized spacial score (nSPS) is 14.0. The number of hydrogen-bond donors (Lipinski definition) is 1. The number of ketones is 1. The first-order valence-electron chi connectivity index (χ1n) is 10.7. The second-order valence-electron chi connectivity index (χ2n) is 8.12. The Kier molecular flexibility index (Phi) is 7.97. The van der Waals surface area contributed by atoms with E-state index in [-0.39, 0.29) is 24.5 Å². The fourth-order valence-corrected chi connectivity index (χ4v) is 3.49. The van der Waals surface area contributed by atoms with Crippen LogP contribution in [0.15, 0.2) is 42.6 Å². The Hall–Kier alpha value is -2.73. The molecule has 1 aliphatic rings. The number of amides is 1. The lowest BCUT2D eigenvalue weighted by Crippen LogP contribution is -2.36. The van der Waals surface area contributed by atoms with E-state index < -0.39 is 0 Å². The number of hydrogen-bond acceptors (Lipinski definition) is 5. The molecule has 1 aliphatic heterocycles. The highest BCUT2D eigenvalue weighted by Crippen LogP contribution is 2.15. The standard InChI is InChI=1S/C24H31N3O3/c1-18(2)15-19-3-5-21(6-4-19)22(28)7-8-24(29)26-17-20-9-10-25-23(16-20)27-11-13-30-14-12-27/h3-6,9-10,16,18H,7-8,11-15,17H2,1-2H3,(H,26,29). The van der Waals surface area contributed by atoms with Crippen molar-refractivity contribution < 1.29 is 14.3 Å². The van der Waals surface area contributed by atoms with Gasteiger partial charge < -0.3 is 15.0 Å². The lowest BCUT2D eigenvalue weighted by atomic mass is 9.99. The van der Waals surface area contributed by atoms with Crippen molar-refractivity contribution in [3.8, 4) is 0 Å². The maximum absolute atomic E-state index is 12.4. The molecule has 0 saturated carbocycles. The Labute approximate surface area is 178 Å². The Morgan fingerprint density at radius 1 is 1.07 bits per heavy atom. The molecule has 2 aromatic rings. The van der Waals surface area contributed by atoms with Crippen LogP contribution in [0.25, 0.3) is 0 Å². The number of aromatic nitrogens is 1. The number of carbonyl (C=O) groups excluding carboxylic acids is 2. The summed E-state index contributed by atoms with van der Waals surface area (Å²) in [7, 11) is 0. The average Bonchev–Trinajstić information content (AvgIpc) is 2.77. The lowest BCUT2D eigenvalue weighted by Gasteiger charge is -2.28. The Morgan fingerprint density at radius 2 is 1.80 bits per heavy atom. The summed E-state index contributed by atoms with van der Waals surface area (Å²) < 4.78 is 5.38. The van der Waals surface area contributed by atoms with Crippen molar-refractivity contribution in [2.45, 2.75) is 39.7 Å². The van der Waals surface area contributed by atoms with Gasteiger partial charge in [-0.3, -0.25) is 9.59 Å². The van der Waals surface area contributed by atoms with Crippen LogP contribution in [0, 0.1) is 5.92 Å². The van der Waals surface area contributed by atoms with Crippen molar-refractivity contribution in [2.24, 2.45) is 5.92 Å². The van der Waals surface area contributed by atoms with Crippen LogP contribution in [0.5, 0.6) is 0 Å². The molecule has 3 rings (SSSR count). The maximum atomic E-state index is 12.4. The number of Topliss-reactive ketones (excluding diaryl/α,β-unsaturated/α-hetero) is 1. The molecule has 1 amide bonds. The van der Waals surface area contributed by atoms with Crippen LogP contribution in [-0.4, -0.2) is 43.0 Å². The number of nitrogens with one attached hydrogen (secondary N) is 1. The summed E-state index contributed by atoms with van der Waals surface area (Å²) in [6.45, 7) is 7.83. The van der Waals surface area contributed by atoms with E-state index in [1.807, 2.05) is 36.4 Å². The summed E-state index contributed by atoms with van der Waals surface area (Å²) in [5, 5.41) is 2.90. The zero-order chi connectivity index (χ0) is 21.3. The molecule has 2 heterocycles. The molecule has 0 unspecified atom stereocenters. The van der Waals surface area contributed by atoms with Crippen LogP contribution < -0.4 is 10.2 Å². The van der Waals surface area contributed by atoms with Crippen molar-refractivity contribution in [3.05, 3.63) is 59.3 Å². The summed E-state index contributed by atoms with van der Waals surface area (Å²) in [4.78, 5) is 31.2. The topological polar surface area (TPSA) is 71.5 Å². The molecule has 1 fully saturated rings. The van der Waals surface area contributed by atoms with Crippen molar-refractivity contribution in [2.75, 3.05) is 31.2 Å². The van der Waals surface area contributed by atoms with E-state index in [1.54, 1.807) is 6.20 Å². The van der Waals surface area contributed by atoms with E-state index in [0.29, 0.717) is 31.2 Å². The van der Waals surface area contributed by atoms with E-state index in [4.69, 9.17) is 4.74 Å². The SMILES string of the molecule is CC(C)Cc1ccc(C(=O)CCC(=O)NCc2ccnc(N3CCOCC3)c2)cc1. The number of ether oxygens (including phenoxy) is 1. The quantitative estimate of drug-likeness (QED) is 0.643. The van der Waals surface area contributed by atoms with Crippen LogP contribution in [0.2, 0.25) is 0 Å². The Balaban J connectivity index is 1.44. The number of pyridine rings is 1. The first kappa shape index (κ1) is 22.0. The van der Waals surface area contributed by atoms with E-state index in [9.17, 15) is 9.59 Å². The van der Waals surface area contributed by atoms with Gasteiger partial charge in [0.15, 0.2) is 5.78 Å². The van der Waals surface area contributed by atoms with Gasteiger partial charge in [-0.2, -0.15) is 0 Å². The largest absolute Gasteiger partial charge is 0.378 e. The van der Waals surface area contributed by atoms with E-state index in [2.05, 4.69) is 29.0 Å². The highest BCUT2D eigenvalue weighted by Gasteiger charge is 2.13. The summed E-state index contributed by atoms with van der Waals surface area (Å²) in [6, 6.07) is 11.6. The zero-order valence-corrected chi connectivity index (χ0v) is 17.9. The summed E-state index contributed by atoms with van der Waals surface area (Å²) in [5.74, 6) is 1.37. The van der Waals surface area contributed by atoms with Crippen LogP contribution in [0.4, 0.5) is 5.82 Å². The van der Waals surface area contributed by atoms with E-state index in [0.717, 1.165) is 30.9 Å². The predicted molar refractivity (Wildman–Crippen MR) is 118 cm³/mol. The molecule has 30 heavy (non-hydrogen) atoms. The van der Waals surface area contributed by atoms with Crippen LogP contribution >= 0.6 is 0 Å². The molecule has 6 heteroatoms. The van der Waals surface area contributed by atoms with Gasteiger partial charge in [0.05, 0.1) is 13.2 Å². The monoisotopic (exact) mass is 409 g/mol. The highest BCUT2D eigenvalue weighted by molar-refractivity contribution is 5.97. The number of nitrogens with zero attached hydrogens (tertiary/aromatic N) is 2. The first-order chi connectivity index (χ1) is 14.5. The van der Waals surface area contributed by atoms with Crippen molar-refractivity contribution in [3.63, 3.8) is 0 Å². The van der Waals surface area contributed by atoms with Gasteiger partial charge in [0.1, 0.15) is 5.82 Å². The average molecular weight is 410 g/mol. The first-order valence-corrected chi connectivity index (χ1v) is 10.7. The second-order valence-corrected chi connectivity index (χ2v) is 8.12. The molecule has 1 aromatic carbocycles. The minimum absolute atomic E-state index is 0.000221. The number of rotatable bonds is 9. The molecular formula is C24H31N3O3. The van der Waals surface area contributed by atoms with Gasteiger partial charge in [0.25, 0.3) is 0 Å². The van der Waals surface area contributed by atoms with Crippen molar-refractivity contribution in [1.29, 1.82) is 0 Å². The molecule has 1 N–H and O–H groups in total. The number of anilines is 1. The van der Waals surface area contributed by atoms with Gasteiger partial charge in [0, 0.05) is 44.2 Å². The van der Waals surface area contributed by atoms with E-state index >= 15 is 0 Å². The molecule has 0 bridgehead atoms. The number of benzene rings is 1. The van der Waals surface area contributed by atoms with Gasteiger partial charge in [-0.25, -0.2) is 4.98 Å². The minimum atomic E-state index is -0.121. The van der Waals surface area contributed by atoms with Crippen LogP contribution in [0.3, 0.4) is 0 Å². The third-order valence-electron chi connectivity index (χ3n) is 5.13. The highest BCUT2D eigenvalue weighted by atomic mass is 16.5. The fraction of sp³-hybridized carbons (Fsp3) is 0.458. The molecule has 160 valence electrons. The van der Waals surface area contributed by atoms with Gasteiger partial charge in [0.2, 0.25) is 5.91 Å². The smallest absolute Gasteiger partial charge is 0.220 e. The predicted octanol–water partition coefficient (Wildman–Crippen LogP) is 3.40. The van der Waals surface area contributed by atoms with Gasteiger partial charge in [-0.05, 0) is 35.6 Å². The molecule has 0 spiro atoms. The summed E-state index contributed by atoms with van der Waals surface area (Å²) >= 11 is 0. The van der Waals surface area contributed by atoms with Crippen LogP contribution in [0.1, 0.15) is 48.2 Å². The third kappa shape index (κ3) is 6.66. The molecular weight excluding hydrogens is 378 g/mol. The van der Waals surface area contributed by atoms with Crippen molar-refractivity contribution in [1.82, 2.24) is 10.3 Å². The van der Waals surface area contributed by atoms with Gasteiger partial charge in [-0.1, -0.05) is 38.1 Å². The molecule has 6 nitrogen and oxygen atoms in total. The zero-order valence-electron chi connectivity index (χ0n) is 17.9. The molecule has 1 aromatic heterocycles. The molecule has 0 aliphatic carbocycles. The molecule has 1 saturated heterocycles. The van der Waals surface area contributed by atoms with Gasteiger partial charge >= 0.3 is 0 Å². The van der Waals surface area contributed by atoms with E-state index in [1.165, 1.54) is 5.56 Å². The second kappa shape index (κ2) is 10.9. The third-order valence-corrected chi connectivity index (χ3v) is 5.13. The van der Waals surface area contributed by atoms with Gasteiger partial charge in [-0.15, -0.1) is 0 Å². The van der Waals surface area contributed by atoms with Crippen molar-refractivity contribution >= 4 is 17.5 Å². The van der Waals surface area contributed by atoms with Crippen LogP contribution in [-0.2, 0) is 22.5 Å². The minimum Gasteiger partial charge on any atom is -0.378 e. The number of carbonyl (C=O) groups is 2. The summed E-state index contributed by atoms with van der Waals surface area (Å²) in [5.41, 5.74) is 2.89. The Bertz CT molecular complexity index is 843.